The van der Waals surface area contributed by atoms with Gasteiger partial charge in [-0.05, 0) is 24.1 Å². The molecule has 0 radical (unpaired) electrons. The first-order chi connectivity index (χ1) is 15.2. The van der Waals surface area contributed by atoms with Gasteiger partial charge in [0.1, 0.15) is 11.4 Å². The van der Waals surface area contributed by atoms with E-state index in [1.807, 2.05) is 6.08 Å². The summed E-state index contributed by atoms with van der Waals surface area (Å²) in [5, 5.41) is 29.8. The first kappa shape index (κ1) is 26.2. The van der Waals surface area contributed by atoms with Gasteiger partial charge in [-0.25, -0.2) is 0 Å². The van der Waals surface area contributed by atoms with Crippen molar-refractivity contribution in [3.63, 3.8) is 0 Å². The minimum Gasteiger partial charge on any atom is -0.501 e. The molecule has 0 atom stereocenters. The molecule has 0 saturated heterocycles. The molecule has 0 fully saturated rings. The zero-order chi connectivity index (χ0) is 24.1. The predicted molar refractivity (Wildman–Crippen MR) is 110 cm³/mol. The van der Waals surface area contributed by atoms with Gasteiger partial charge in [0, 0.05) is 40.7 Å². The second-order valence-corrected chi connectivity index (χ2v) is 6.38. The first-order valence-electron chi connectivity index (χ1n) is 9.52. The molecule has 3 heterocycles. The second kappa shape index (κ2) is 13.5. The van der Waals surface area contributed by atoms with Gasteiger partial charge in [0.15, 0.2) is 11.6 Å². The van der Waals surface area contributed by atoms with Gasteiger partial charge in [-0.3, -0.25) is 19.2 Å². The van der Waals surface area contributed by atoms with E-state index in [1.165, 1.54) is 33.8 Å². The minimum atomic E-state index is -0.329. The molecule has 2 aromatic rings. The minimum absolute atomic E-state index is 0.0833. The zero-order valence-electron chi connectivity index (χ0n) is 18.2. The summed E-state index contributed by atoms with van der Waals surface area (Å²) in [7, 11) is 0. The molecule has 0 bridgehead atoms. The molecule has 0 aliphatic carbocycles. The van der Waals surface area contributed by atoms with Crippen molar-refractivity contribution in [2.45, 2.75) is 40.5 Å². The highest BCUT2D eigenvalue weighted by Gasteiger charge is 2.12. The van der Waals surface area contributed by atoms with Crippen LogP contribution in [0.2, 0.25) is 0 Å². The summed E-state index contributed by atoms with van der Waals surface area (Å²) in [5.41, 5.74) is 0.989. The maximum Gasteiger partial charge on any atom is 0.238 e. The van der Waals surface area contributed by atoms with E-state index in [1.54, 1.807) is 6.26 Å². The summed E-state index contributed by atoms with van der Waals surface area (Å²) in [4.78, 5) is 43.5. The van der Waals surface area contributed by atoms with Gasteiger partial charge in [0.2, 0.25) is 23.2 Å². The van der Waals surface area contributed by atoms with Gasteiger partial charge in [-0.15, -0.1) is 30.6 Å². The molecule has 12 nitrogen and oxygen atoms in total. The van der Waals surface area contributed by atoms with Crippen molar-refractivity contribution in [3.05, 3.63) is 47.0 Å². The molecule has 2 aromatic heterocycles. The fourth-order valence-corrected chi connectivity index (χ4v) is 2.06. The van der Waals surface area contributed by atoms with E-state index >= 15 is 0 Å². The molecule has 170 valence electrons. The summed E-state index contributed by atoms with van der Waals surface area (Å²) in [6, 6.07) is 1.50. The molecule has 1 aliphatic heterocycles. The van der Waals surface area contributed by atoms with Crippen LogP contribution < -0.4 is 0 Å². The third kappa shape index (κ3) is 8.92. The molecule has 0 spiro atoms. The topological polar surface area (TPSA) is 175 Å². The standard InChI is InChI=1S/C10H12N2O3.C6H6N4O2.C4H6O/c1-6(14)9-5-8(3-4-13)10(7(2)15)12-11-9;1-3(11)5-7-9-6(4(2)12)10-8-5;1-2-4-5-3-1/h5,13H,3-4H2,1-2H3;1-2H3;1,3H,2,4H2. The number of hydrogen-bond donors (Lipinski definition) is 1. The number of ketones is 4. The molecule has 0 aromatic carbocycles. The van der Waals surface area contributed by atoms with E-state index in [9.17, 15) is 19.2 Å². The molecule has 3 rings (SSSR count). The summed E-state index contributed by atoms with van der Waals surface area (Å²) in [6.07, 6.45) is 5.14. The molecule has 0 unspecified atom stereocenters. The van der Waals surface area contributed by atoms with Crippen molar-refractivity contribution >= 4 is 23.1 Å². The Bertz CT molecular complexity index is 952. The molecular formula is C20H24N6O6. The lowest BCUT2D eigenvalue weighted by Gasteiger charge is -2.04. The Morgan fingerprint density at radius 1 is 0.844 bits per heavy atom. The molecule has 1 aliphatic rings. The van der Waals surface area contributed by atoms with Crippen LogP contribution >= 0.6 is 0 Å². The van der Waals surface area contributed by atoms with Crippen molar-refractivity contribution in [2.75, 3.05) is 13.2 Å². The highest BCUT2D eigenvalue weighted by molar-refractivity contribution is 5.96. The van der Waals surface area contributed by atoms with Crippen LogP contribution in [0, 0.1) is 0 Å². The van der Waals surface area contributed by atoms with E-state index in [2.05, 4.69) is 30.6 Å². The summed E-state index contributed by atoms with van der Waals surface area (Å²) in [6.45, 7) is 6.14. The summed E-state index contributed by atoms with van der Waals surface area (Å²) >= 11 is 0. The third-order valence-electron chi connectivity index (χ3n) is 3.65. The largest absolute Gasteiger partial charge is 0.501 e. The molecule has 12 heteroatoms. The van der Waals surface area contributed by atoms with E-state index in [0.29, 0.717) is 12.0 Å². The number of carbonyl (C=O) groups excluding carboxylic acids is 4. The molecule has 0 amide bonds. The van der Waals surface area contributed by atoms with Crippen LogP contribution in [0.4, 0.5) is 0 Å². The number of aromatic nitrogens is 6. The Kier molecular flexibility index (Phi) is 11.1. The van der Waals surface area contributed by atoms with Gasteiger partial charge < -0.3 is 9.84 Å². The number of Topliss-reactive ketones (excluding diaryl/α,β-unsaturated/α-hetero) is 4. The number of rotatable bonds is 6. The predicted octanol–water partition coefficient (Wildman–Crippen LogP) is 1.01. The van der Waals surface area contributed by atoms with Crippen molar-refractivity contribution < 1.29 is 29.0 Å². The monoisotopic (exact) mass is 444 g/mol. The molecule has 0 saturated carbocycles. The number of ether oxygens (including phenoxy) is 1. The summed E-state index contributed by atoms with van der Waals surface area (Å²) < 4.78 is 4.76. The van der Waals surface area contributed by atoms with Crippen molar-refractivity contribution in [1.29, 1.82) is 0 Å². The van der Waals surface area contributed by atoms with Gasteiger partial charge in [-0.1, -0.05) is 0 Å². The van der Waals surface area contributed by atoms with Crippen molar-refractivity contribution in [3.8, 4) is 0 Å². The van der Waals surface area contributed by atoms with E-state index in [-0.39, 0.29) is 52.8 Å². The Labute approximate surface area is 184 Å². The van der Waals surface area contributed by atoms with Gasteiger partial charge in [-0.2, -0.15) is 0 Å². The Balaban J connectivity index is 0.000000267. The first-order valence-corrected chi connectivity index (χ1v) is 9.52. The lowest BCUT2D eigenvalue weighted by molar-refractivity contribution is 0.0981. The lowest BCUT2D eigenvalue weighted by atomic mass is 10.1. The number of nitrogens with zero attached hydrogens (tertiary/aromatic N) is 6. The fraction of sp³-hybridized carbons (Fsp3) is 0.400. The van der Waals surface area contributed by atoms with Crippen LogP contribution in [-0.2, 0) is 11.2 Å². The Morgan fingerprint density at radius 2 is 1.41 bits per heavy atom. The maximum atomic E-state index is 11.2. The quantitative estimate of drug-likeness (QED) is 0.627. The fourth-order valence-electron chi connectivity index (χ4n) is 2.06. The van der Waals surface area contributed by atoms with Gasteiger partial charge >= 0.3 is 0 Å². The zero-order valence-corrected chi connectivity index (χ0v) is 18.2. The van der Waals surface area contributed by atoms with Crippen LogP contribution in [0.3, 0.4) is 0 Å². The number of carbonyl (C=O) groups is 4. The lowest BCUT2D eigenvalue weighted by Crippen LogP contribution is -2.11. The molecule has 1 N–H and O–H groups in total. The second-order valence-electron chi connectivity index (χ2n) is 6.38. The van der Waals surface area contributed by atoms with Gasteiger partial charge in [0.25, 0.3) is 0 Å². The van der Waals surface area contributed by atoms with Crippen LogP contribution in [-0.4, -0.2) is 72.0 Å². The van der Waals surface area contributed by atoms with E-state index in [4.69, 9.17) is 9.84 Å². The Hall–Kier alpha value is -3.80. The van der Waals surface area contributed by atoms with Crippen LogP contribution in [0.5, 0.6) is 0 Å². The average Bonchev–Trinajstić information content (AvgIpc) is 3.34. The van der Waals surface area contributed by atoms with Crippen LogP contribution in [0.15, 0.2) is 18.4 Å². The van der Waals surface area contributed by atoms with Crippen LogP contribution in [0.25, 0.3) is 0 Å². The maximum absolute atomic E-state index is 11.2. The van der Waals surface area contributed by atoms with Crippen LogP contribution in [0.1, 0.15) is 81.9 Å². The highest BCUT2D eigenvalue weighted by Crippen LogP contribution is 2.09. The molecular weight excluding hydrogens is 420 g/mol. The summed E-state index contributed by atoms with van der Waals surface area (Å²) in [5.74, 6) is -1.26. The average molecular weight is 444 g/mol. The van der Waals surface area contributed by atoms with Gasteiger partial charge in [0.05, 0.1) is 12.9 Å². The number of aliphatic hydroxyl groups excluding tert-OH is 1. The van der Waals surface area contributed by atoms with Crippen molar-refractivity contribution in [2.24, 2.45) is 0 Å². The number of aliphatic hydroxyl groups is 1. The SMILES string of the molecule is C1=COCC1.CC(=O)c1cc(CCO)c(C(C)=O)nn1.CC(=O)c1nnc(C(C)=O)nn1. The third-order valence-corrected chi connectivity index (χ3v) is 3.65. The highest BCUT2D eigenvalue weighted by atomic mass is 16.5. The normalized spacial score (nSPS) is 11.3. The van der Waals surface area contributed by atoms with E-state index in [0.717, 1.165) is 13.0 Å². The Morgan fingerprint density at radius 3 is 1.72 bits per heavy atom. The van der Waals surface area contributed by atoms with Crippen molar-refractivity contribution in [1.82, 2.24) is 30.6 Å². The number of hydrogen-bond acceptors (Lipinski definition) is 12. The smallest absolute Gasteiger partial charge is 0.238 e. The van der Waals surface area contributed by atoms with E-state index < -0.39 is 0 Å². The molecule has 32 heavy (non-hydrogen) atoms.